The second-order valence-electron chi connectivity index (χ2n) is 4.24. The Kier molecular flexibility index (Phi) is 10.1. The summed E-state index contributed by atoms with van der Waals surface area (Å²) < 4.78 is 54.9. The second-order valence-corrected chi connectivity index (χ2v) is 8.98. The summed E-state index contributed by atoms with van der Waals surface area (Å²) in [6.45, 7) is 1.24. The predicted octanol–water partition coefficient (Wildman–Crippen LogP) is 0.715. The molecule has 0 aromatic carbocycles. The van der Waals surface area contributed by atoms with E-state index < -0.39 is 42.2 Å². The van der Waals surface area contributed by atoms with Gasteiger partial charge in [-0.05, 0) is 0 Å². The van der Waals surface area contributed by atoms with Crippen LogP contribution in [0.4, 0.5) is 0 Å². The van der Waals surface area contributed by atoms with E-state index in [1.165, 1.54) is 0 Å². The molecule has 4 unspecified atom stereocenters. The van der Waals surface area contributed by atoms with E-state index in [0.29, 0.717) is 7.11 Å². The summed E-state index contributed by atoms with van der Waals surface area (Å²) >= 11 is 0. The summed E-state index contributed by atoms with van der Waals surface area (Å²) in [4.78, 5) is 27.3. The molecule has 1 aliphatic heterocycles. The van der Waals surface area contributed by atoms with Crippen LogP contribution in [0.3, 0.4) is 0 Å². The van der Waals surface area contributed by atoms with E-state index in [-0.39, 0.29) is 38.6 Å². The number of hydrogen-bond donors (Lipinski definition) is 3. The van der Waals surface area contributed by atoms with Gasteiger partial charge in [-0.2, -0.15) is 8.62 Å². The Labute approximate surface area is 159 Å². The molecule has 1 fully saturated rings. The van der Waals surface area contributed by atoms with Crippen molar-refractivity contribution in [1.82, 2.24) is 0 Å². The zero-order chi connectivity index (χ0) is 17.2. The molecule has 0 aromatic rings. The van der Waals surface area contributed by atoms with Gasteiger partial charge in [-0.15, -0.1) is 5.92 Å². The summed E-state index contributed by atoms with van der Waals surface area (Å²) in [5, 5.41) is 0. The average Bonchev–Trinajstić information content (AvgIpc) is 2.62. The third-order valence-electron chi connectivity index (χ3n) is 2.46. The first-order chi connectivity index (χ1) is 9.86. The van der Waals surface area contributed by atoms with Gasteiger partial charge in [0.2, 0.25) is 0 Å². The molecule has 131 valence electrons. The van der Waals surface area contributed by atoms with E-state index in [1.807, 2.05) is 0 Å². The Morgan fingerprint density at radius 3 is 2.09 bits per heavy atom. The van der Waals surface area contributed by atoms with Gasteiger partial charge in [0.15, 0.2) is 0 Å². The zero-order valence-electron chi connectivity index (χ0n) is 12.1. The predicted molar refractivity (Wildman–Crippen MR) is 72.5 cm³/mol. The van der Waals surface area contributed by atoms with Gasteiger partial charge in [-0.25, -0.2) is 13.7 Å². The van der Waals surface area contributed by atoms with E-state index >= 15 is 0 Å². The van der Waals surface area contributed by atoms with E-state index in [4.69, 9.17) is 22.4 Å². The summed E-state index contributed by atoms with van der Waals surface area (Å²) in [5.74, 6) is -0.196. The molecule has 3 radical (unpaired) electrons. The minimum absolute atomic E-state index is 0. The Balaban J connectivity index is 0.00000484. The topological polar surface area (TPSA) is 158 Å². The van der Waals surface area contributed by atoms with E-state index in [2.05, 4.69) is 17.7 Å². The summed E-state index contributed by atoms with van der Waals surface area (Å²) in [5.41, 5.74) is 0. The van der Waals surface area contributed by atoms with Crippen LogP contribution in [0.25, 0.3) is 0 Å². The maximum atomic E-state index is 11.5. The molecular formula is C7H15BO11P3Y-. The first-order valence-corrected chi connectivity index (χ1v) is 10.2. The summed E-state index contributed by atoms with van der Waals surface area (Å²) in [6, 6.07) is -0.670. The fourth-order valence-corrected chi connectivity index (χ4v) is 4.75. The molecule has 1 aliphatic rings. The van der Waals surface area contributed by atoms with Gasteiger partial charge in [-0.3, -0.25) is 9.05 Å². The summed E-state index contributed by atoms with van der Waals surface area (Å²) in [7, 11) is -9.19. The van der Waals surface area contributed by atoms with Crippen LogP contribution in [0, 0.1) is 12.3 Å². The van der Waals surface area contributed by atoms with E-state index in [0.717, 1.165) is 0 Å². The van der Waals surface area contributed by atoms with E-state index in [9.17, 15) is 18.6 Å². The molecule has 23 heavy (non-hydrogen) atoms. The molecule has 11 nitrogen and oxygen atoms in total. The first kappa shape index (κ1) is 24.5. The van der Waals surface area contributed by atoms with Crippen LogP contribution in [0.1, 0.15) is 6.92 Å². The van der Waals surface area contributed by atoms with Crippen LogP contribution in [0.15, 0.2) is 0 Å². The van der Waals surface area contributed by atoms with Crippen LogP contribution in [-0.4, -0.2) is 48.4 Å². The normalized spacial score (nSPS) is 32.3. The Bertz CT molecular complexity index is 532. The first-order valence-electron chi connectivity index (χ1n) is 5.73. The maximum Gasteiger partial charge on any atom is 0.490 e. The van der Waals surface area contributed by atoms with Gasteiger partial charge in [0.05, 0.1) is 20.6 Å². The molecule has 0 amide bonds. The van der Waals surface area contributed by atoms with Crippen molar-refractivity contribution in [2.45, 2.75) is 19.0 Å². The van der Waals surface area contributed by atoms with Crippen molar-refractivity contribution in [3.63, 3.8) is 0 Å². The monoisotopic (exact) mass is 468 g/mol. The molecule has 0 aromatic heterocycles. The molecule has 1 heterocycles. The number of hydrogen-bond acceptors (Lipinski definition) is 8. The van der Waals surface area contributed by atoms with Gasteiger partial charge in [0.25, 0.3) is 0 Å². The molecular weight excluding hydrogens is 453 g/mol. The van der Waals surface area contributed by atoms with Crippen molar-refractivity contribution in [2.75, 3.05) is 13.7 Å². The number of phosphoric ester groups is 2. The minimum atomic E-state index is -5.39. The Morgan fingerprint density at radius 2 is 1.65 bits per heavy atom. The number of phosphoric acid groups is 3. The Morgan fingerprint density at radius 1 is 1.13 bits per heavy atom. The molecule has 0 saturated carbocycles. The van der Waals surface area contributed by atoms with Gasteiger partial charge < -0.3 is 25.8 Å². The molecule has 3 N–H and O–H groups in total. The Hall–Kier alpha value is 1.54. The fraction of sp³-hybridized carbons (Fsp3) is 0.857. The molecule has 16 heteroatoms. The van der Waals surface area contributed by atoms with Crippen molar-refractivity contribution < 1.29 is 83.5 Å². The van der Waals surface area contributed by atoms with Crippen molar-refractivity contribution in [3.8, 4) is 0 Å². The molecule has 0 aliphatic carbocycles. The maximum absolute atomic E-state index is 11.5. The standard InChI is InChI=1S/C7H15BO11P3.Y/c1-5-3-7(8)17-6(5)4-16-21(11,12)19-22(13,14)18-20(9,10)15-2;/h3,5-7H,4H2,1-2H3,(H,9,10)(H,11,12)(H,13,14);/q-1;/t5?,6-,7-;/m1./s1. The smallest absolute Gasteiger partial charge is 0.415 e. The van der Waals surface area contributed by atoms with Crippen molar-refractivity contribution >= 4 is 31.3 Å². The van der Waals surface area contributed by atoms with Crippen molar-refractivity contribution in [1.29, 1.82) is 0 Å². The number of ether oxygens (including phenoxy) is 1. The summed E-state index contributed by atoms with van der Waals surface area (Å²) in [6.07, 6.45) is 0.957. The van der Waals surface area contributed by atoms with Crippen LogP contribution < -0.4 is 0 Å². The van der Waals surface area contributed by atoms with Crippen LogP contribution >= 0.6 is 23.5 Å². The van der Waals surface area contributed by atoms with Crippen LogP contribution in [0.2, 0.25) is 0 Å². The van der Waals surface area contributed by atoms with Crippen LogP contribution in [-0.2, 0) is 68.8 Å². The van der Waals surface area contributed by atoms with Gasteiger partial charge in [0.1, 0.15) is 0 Å². The fourth-order valence-electron chi connectivity index (χ4n) is 1.49. The molecule has 0 spiro atoms. The molecule has 6 atom stereocenters. The van der Waals surface area contributed by atoms with Crippen LogP contribution in [0.5, 0.6) is 0 Å². The van der Waals surface area contributed by atoms with Gasteiger partial charge >= 0.3 is 23.5 Å². The van der Waals surface area contributed by atoms with Crippen molar-refractivity contribution in [2.24, 2.45) is 5.92 Å². The zero-order valence-corrected chi connectivity index (χ0v) is 17.6. The molecule has 1 saturated heterocycles. The third kappa shape index (κ3) is 9.15. The molecule has 1 rings (SSSR count). The largest absolute Gasteiger partial charge is 0.490 e. The average molecular weight is 468 g/mol. The van der Waals surface area contributed by atoms with Gasteiger partial charge in [0, 0.05) is 39.8 Å². The molecule has 0 bridgehead atoms. The number of rotatable bonds is 8. The minimum Gasteiger partial charge on any atom is -0.415 e. The van der Waals surface area contributed by atoms with Crippen molar-refractivity contribution in [3.05, 3.63) is 6.42 Å². The second kappa shape index (κ2) is 9.47. The third-order valence-corrected chi connectivity index (χ3v) is 6.70. The van der Waals surface area contributed by atoms with Gasteiger partial charge in [-0.1, -0.05) is 12.9 Å². The quantitative estimate of drug-likeness (QED) is 0.262. The van der Waals surface area contributed by atoms with E-state index in [1.54, 1.807) is 13.3 Å². The SMILES string of the molecule is [B][C@H]1[CH-]C(C)[C@@H](COP(=O)(O)OP(=O)(O)OP(=O)(O)OC)O1.[Y].